The van der Waals surface area contributed by atoms with Gasteiger partial charge in [-0.1, -0.05) is 0 Å². The van der Waals surface area contributed by atoms with E-state index in [4.69, 9.17) is 4.42 Å². The Labute approximate surface area is 135 Å². The zero-order valence-corrected chi connectivity index (χ0v) is 13.1. The number of carbonyl (C=O) groups is 2. The second-order valence-electron chi connectivity index (χ2n) is 6.48. The molecule has 2 fully saturated rings. The first-order valence-corrected chi connectivity index (χ1v) is 8.14. The van der Waals surface area contributed by atoms with Crippen molar-refractivity contribution in [3.8, 4) is 0 Å². The van der Waals surface area contributed by atoms with Crippen LogP contribution < -0.4 is 10.6 Å². The van der Waals surface area contributed by atoms with Gasteiger partial charge in [-0.05, 0) is 38.2 Å². The molecule has 0 spiro atoms. The van der Waals surface area contributed by atoms with Gasteiger partial charge in [0, 0.05) is 25.7 Å². The summed E-state index contributed by atoms with van der Waals surface area (Å²) in [4.78, 5) is 25.8. The molecule has 23 heavy (non-hydrogen) atoms. The molecule has 7 heteroatoms. The molecule has 0 aromatic carbocycles. The van der Waals surface area contributed by atoms with Crippen LogP contribution in [0.25, 0.3) is 0 Å². The molecule has 3 amide bonds. The van der Waals surface area contributed by atoms with Crippen LogP contribution in [0.1, 0.15) is 42.5 Å². The van der Waals surface area contributed by atoms with Crippen LogP contribution in [0, 0.1) is 0 Å². The second kappa shape index (κ2) is 6.62. The number of urea groups is 1. The third-order valence-electron chi connectivity index (χ3n) is 4.75. The highest BCUT2D eigenvalue weighted by molar-refractivity contribution is 5.93. The van der Waals surface area contributed by atoms with Gasteiger partial charge in [0.15, 0.2) is 0 Å². The summed E-state index contributed by atoms with van der Waals surface area (Å²) in [6.45, 7) is 1.52. The first-order valence-electron chi connectivity index (χ1n) is 8.14. The molecule has 2 aliphatic rings. The lowest BCUT2D eigenvalue weighted by molar-refractivity contribution is -0.0291. The number of amides is 3. The minimum atomic E-state index is -0.711. The van der Waals surface area contributed by atoms with E-state index in [1.165, 1.54) is 12.5 Å². The first kappa shape index (κ1) is 15.9. The Morgan fingerprint density at radius 2 is 2.09 bits per heavy atom. The van der Waals surface area contributed by atoms with Gasteiger partial charge in [0.2, 0.25) is 0 Å². The quantitative estimate of drug-likeness (QED) is 0.774. The SMILES string of the molecule is O=C(NCC1(O)CCC1)NC1CCN(C(=O)c2ccoc2)CC1. The summed E-state index contributed by atoms with van der Waals surface area (Å²) >= 11 is 0. The summed E-state index contributed by atoms with van der Waals surface area (Å²) in [7, 11) is 0. The molecule has 126 valence electrons. The molecule has 1 aromatic heterocycles. The Bertz CT molecular complexity index is 546. The van der Waals surface area contributed by atoms with Crippen LogP contribution >= 0.6 is 0 Å². The Kier molecular flexibility index (Phi) is 4.56. The summed E-state index contributed by atoms with van der Waals surface area (Å²) in [6.07, 6.45) is 6.91. The summed E-state index contributed by atoms with van der Waals surface area (Å²) in [5.41, 5.74) is -0.152. The monoisotopic (exact) mass is 321 g/mol. The normalized spacial score (nSPS) is 20.7. The third kappa shape index (κ3) is 3.85. The standard InChI is InChI=1S/C16H23N3O4/c20-14(12-4-9-23-10-12)19-7-2-13(3-8-19)18-15(21)17-11-16(22)5-1-6-16/h4,9-10,13,22H,1-3,5-8,11H2,(H2,17,18,21). The minimum absolute atomic E-state index is 0.0335. The molecular weight excluding hydrogens is 298 g/mol. The van der Waals surface area contributed by atoms with Crippen molar-refractivity contribution in [2.75, 3.05) is 19.6 Å². The van der Waals surface area contributed by atoms with Crippen molar-refractivity contribution in [3.05, 3.63) is 24.2 Å². The molecule has 1 saturated heterocycles. The van der Waals surface area contributed by atoms with E-state index in [1.807, 2.05) is 0 Å². The van der Waals surface area contributed by atoms with E-state index in [0.717, 1.165) is 32.1 Å². The van der Waals surface area contributed by atoms with Gasteiger partial charge >= 0.3 is 6.03 Å². The zero-order chi connectivity index (χ0) is 16.3. The van der Waals surface area contributed by atoms with E-state index in [-0.39, 0.29) is 18.0 Å². The topological polar surface area (TPSA) is 94.8 Å². The molecule has 3 N–H and O–H groups in total. The van der Waals surface area contributed by atoms with Crippen LogP contribution in [0.15, 0.2) is 23.0 Å². The van der Waals surface area contributed by atoms with Gasteiger partial charge in [-0.15, -0.1) is 0 Å². The minimum Gasteiger partial charge on any atom is -0.472 e. The van der Waals surface area contributed by atoms with Crippen molar-refractivity contribution in [1.29, 1.82) is 0 Å². The Hall–Kier alpha value is -2.02. The number of rotatable bonds is 4. The summed E-state index contributed by atoms with van der Waals surface area (Å²) < 4.78 is 4.94. The maximum Gasteiger partial charge on any atom is 0.315 e. The number of hydrogen-bond donors (Lipinski definition) is 3. The Morgan fingerprint density at radius 3 is 2.65 bits per heavy atom. The smallest absolute Gasteiger partial charge is 0.315 e. The number of likely N-dealkylation sites (tertiary alicyclic amines) is 1. The van der Waals surface area contributed by atoms with E-state index < -0.39 is 5.60 Å². The fourth-order valence-corrected chi connectivity index (χ4v) is 3.04. The van der Waals surface area contributed by atoms with Gasteiger partial charge < -0.3 is 25.1 Å². The van der Waals surface area contributed by atoms with Gasteiger partial charge in [0.05, 0.1) is 17.4 Å². The molecule has 0 atom stereocenters. The Morgan fingerprint density at radius 1 is 1.35 bits per heavy atom. The molecule has 1 aliphatic carbocycles. The van der Waals surface area contributed by atoms with Crippen molar-refractivity contribution in [2.45, 2.75) is 43.7 Å². The molecular formula is C16H23N3O4. The molecule has 7 nitrogen and oxygen atoms in total. The molecule has 2 heterocycles. The van der Waals surface area contributed by atoms with Crippen molar-refractivity contribution in [1.82, 2.24) is 15.5 Å². The average Bonchev–Trinajstić information content (AvgIpc) is 3.05. The summed E-state index contributed by atoms with van der Waals surface area (Å²) in [5, 5.41) is 15.6. The first-order chi connectivity index (χ1) is 11.1. The molecule has 0 bridgehead atoms. The third-order valence-corrected chi connectivity index (χ3v) is 4.75. The highest BCUT2D eigenvalue weighted by atomic mass is 16.3. The fourth-order valence-electron chi connectivity index (χ4n) is 3.04. The van der Waals surface area contributed by atoms with Crippen molar-refractivity contribution >= 4 is 11.9 Å². The number of piperidine rings is 1. The van der Waals surface area contributed by atoms with E-state index in [1.54, 1.807) is 11.0 Å². The summed E-state index contributed by atoms with van der Waals surface area (Å²) in [5.74, 6) is -0.0335. The molecule has 3 rings (SSSR count). The van der Waals surface area contributed by atoms with E-state index in [9.17, 15) is 14.7 Å². The maximum atomic E-state index is 12.2. The summed E-state index contributed by atoms with van der Waals surface area (Å²) in [6, 6.07) is 1.47. The zero-order valence-electron chi connectivity index (χ0n) is 13.1. The number of hydrogen-bond acceptors (Lipinski definition) is 4. The van der Waals surface area contributed by atoms with Crippen LogP contribution in [-0.4, -0.2) is 53.2 Å². The average molecular weight is 321 g/mol. The van der Waals surface area contributed by atoms with E-state index in [2.05, 4.69) is 10.6 Å². The lowest BCUT2D eigenvalue weighted by Gasteiger charge is -2.37. The number of furan rings is 1. The molecule has 0 unspecified atom stereocenters. The van der Waals surface area contributed by atoms with Gasteiger partial charge in [-0.25, -0.2) is 4.79 Å². The van der Waals surface area contributed by atoms with E-state index >= 15 is 0 Å². The van der Waals surface area contributed by atoms with Crippen LogP contribution in [0.4, 0.5) is 4.79 Å². The van der Waals surface area contributed by atoms with Crippen molar-refractivity contribution in [2.24, 2.45) is 0 Å². The number of nitrogens with one attached hydrogen (secondary N) is 2. The van der Waals surface area contributed by atoms with Gasteiger partial charge in [-0.3, -0.25) is 4.79 Å². The molecule has 1 aliphatic heterocycles. The Balaban J connectivity index is 1.39. The number of nitrogens with zero attached hydrogens (tertiary/aromatic N) is 1. The highest BCUT2D eigenvalue weighted by Gasteiger charge is 2.34. The predicted octanol–water partition coefficient (Wildman–Crippen LogP) is 1.10. The van der Waals surface area contributed by atoms with Gasteiger partial charge in [0.1, 0.15) is 6.26 Å². The van der Waals surface area contributed by atoms with Crippen molar-refractivity contribution in [3.63, 3.8) is 0 Å². The van der Waals surface area contributed by atoms with Gasteiger partial charge in [-0.2, -0.15) is 0 Å². The lowest BCUT2D eigenvalue weighted by atomic mass is 9.80. The molecule has 1 saturated carbocycles. The van der Waals surface area contributed by atoms with Crippen molar-refractivity contribution < 1.29 is 19.1 Å². The number of carbonyl (C=O) groups excluding carboxylic acids is 2. The second-order valence-corrected chi connectivity index (χ2v) is 6.48. The van der Waals surface area contributed by atoms with Crippen LogP contribution in [-0.2, 0) is 0 Å². The van der Waals surface area contributed by atoms with Crippen LogP contribution in [0.3, 0.4) is 0 Å². The van der Waals surface area contributed by atoms with E-state index in [0.29, 0.717) is 25.2 Å². The van der Waals surface area contributed by atoms with Crippen LogP contribution in [0.2, 0.25) is 0 Å². The molecule has 0 radical (unpaired) electrons. The number of aliphatic hydroxyl groups is 1. The lowest BCUT2D eigenvalue weighted by Crippen LogP contribution is -2.53. The van der Waals surface area contributed by atoms with Gasteiger partial charge in [0.25, 0.3) is 5.91 Å². The maximum absolute atomic E-state index is 12.2. The fraction of sp³-hybridized carbons (Fsp3) is 0.625. The van der Waals surface area contributed by atoms with Crippen LogP contribution in [0.5, 0.6) is 0 Å². The molecule has 1 aromatic rings. The highest BCUT2D eigenvalue weighted by Crippen LogP contribution is 2.30. The largest absolute Gasteiger partial charge is 0.472 e. The predicted molar refractivity (Wildman–Crippen MR) is 83.0 cm³/mol.